The van der Waals surface area contributed by atoms with E-state index < -0.39 is 6.36 Å². The number of aromatic nitrogens is 2. The topological polar surface area (TPSA) is 58.9 Å². The molecule has 5 rings (SSSR count). The zero-order valence-corrected chi connectivity index (χ0v) is 23.3. The number of nitrogens with zero attached hydrogens (tertiary/aromatic N) is 3. The molecule has 41 heavy (non-hydrogen) atoms. The number of anilines is 1. The second-order valence-corrected chi connectivity index (χ2v) is 10.6. The first-order valence-electron chi connectivity index (χ1n) is 13.4. The number of halogens is 5. The van der Waals surface area contributed by atoms with E-state index in [1.165, 1.54) is 18.2 Å². The smallest absolute Gasteiger partial charge is 0.406 e. The maximum Gasteiger partial charge on any atom is 0.573 e. The molecule has 1 saturated heterocycles. The van der Waals surface area contributed by atoms with Crippen molar-refractivity contribution in [1.29, 1.82) is 0 Å². The Morgan fingerprint density at radius 2 is 1.90 bits per heavy atom. The summed E-state index contributed by atoms with van der Waals surface area (Å²) >= 11 is 6.13. The van der Waals surface area contributed by atoms with Crippen molar-refractivity contribution in [2.75, 3.05) is 11.4 Å². The highest BCUT2D eigenvalue weighted by Crippen LogP contribution is 2.36. The number of benzene rings is 2. The first-order valence-corrected chi connectivity index (χ1v) is 13.8. The maximum absolute atomic E-state index is 15.3. The van der Waals surface area contributed by atoms with E-state index in [2.05, 4.69) is 19.9 Å². The normalized spacial score (nSPS) is 17.6. The lowest BCUT2D eigenvalue weighted by Crippen LogP contribution is -2.40. The third-order valence-electron chi connectivity index (χ3n) is 7.44. The van der Waals surface area contributed by atoms with Gasteiger partial charge in [-0.3, -0.25) is 9.20 Å². The molecule has 1 unspecified atom stereocenters. The van der Waals surface area contributed by atoms with E-state index in [1.807, 2.05) is 19.9 Å². The zero-order valence-electron chi connectivity index (χ0n) is 22.5. The molecular formula is C30H29ClF4N4O2. The minimum atomic E-state index is -4.74. The largest absolute Gasteiger partial charge is 0.573 e. The van der Waals surface area contributed by atoms with Gasteiger partial charge in [0.2, 0.25) is 0 Å². The van der Waals surface area contributed by atoms with Crippen LogP contribution in [0.5, 0.6) is 5.75 Å². The Kier molecular flexibility index (Phi) is 8.13. The number of aryl methyl sites for hydroxylation is 1. The Balaban J connectivity index is 1.22. The van der Waals surface area contributed by atoms with E-state index in [0.717, 1.165) is 5.69 Å². The number of pyridine rings is 1. The molecule has 1 aliphatic heterocycles. The van der Waals surface area contributed by atoms with Gasteiger partial charge >= 0.3 is 6.36 Å². The number of hydrogen-bond donors (Lipinski definition) is 1. The third-order valence-corrected chi connectivity index (χ3v) is 7.66. The van der Waals surface area contributed by atoms with E-state index in [4.69, 9.17) is 11.6 Å². The molecule has 0 aliphatic carbocycles. The molecule has 2 aromatic heterocycles. The first-order chi connectivity index (χ1) is 19.5. The summed E-state index contributed by atoms with van der Waals surface area (Å²) in [6, 6.07) is 14.4. The number of amides is 1. The number of fused-ring (bicyclic) bond motifs is 1. The highest BCUT2D eigenvalue weighted by atomic mass is 35.5. The number of alkyl halides is 3. The van der Waals surface area contributed by atoms with Gasteiger partial charge in [-0.2, -0.15) is 0 Å². The fourth-order valence-electron chi connectivity index (χ4n) is 5.51. The summed E-state index contributed by atoms with van der Waals surface area (Å²) in [7, 11) is 0. The Morgan fingerprint density at radius 1 is 1.15 bits per heavy atom. The van der Waals surface area contributed by atoms with Crippen LogP contribution in [0.2, 0.25) is 5.02 Å². The van der Waals surface area contributed by atoms with Crippen LogP contribution < -0.4 is 15.0 Å². The molecule has 216 valence electrons. The van der Waals surface area contributed by atoms with Crippen LogP contribution in [-0.4, -0.2) is 34.2 Å². The van der Waals surface area contributed by atoms with E-state index in [1.54, 1.807) is 40.9 Å². The van der Waals surface area contributed by atoms with Crippen molar-refractivity contribution in [3.05, 3.63) is 94.1 Å². The van der Waals surface area contributed by atoms with Crippen LogP contribution in [0, 0.1) is 5.82 Å². The van der Waals surface area contributed by atoms with Crippen LogP contribution in [0.15, 0.2) is 60.8 Å². The monoisotopic (exact) mass is 588 g/mol. The summed E-state index contributed by atoms with van der Waals surface area (Å²) in [6.07, 6.45) is -1.14. The molecule has 0 saturated carbocycles. The Morgan fingerprint density at radius 3 is 2.56 bits per heavy atom. The Hall–Kier alpha value is -3.79. The number of hydrogen-bond acceptors (Lipinski definition) is 4. The number of ether oxygens (including phenoxy) is 1. The maximum atomic E-state index is 15.3. The molecule has 1 aliphatic rings. The standard InChI is InChI=1S/C30H29ClF4N4O2/c1-3-26-28(39-17-21(31)5-11-27(39)37-26)29(40)36-16-19-4-10-24(25(32)15-19)20-12-13-38(18(2)14-20)22-6-8-23(9-7-22)41-30(33,34)35/h4-11,15,17-18,20H,3,12-14,16H2,1-2H3,(H,36,40)/t18-,20?/m0/s1. The van der Waals surface area contributed by atoms with Gasteiger partial charge in [-0.25, -0.2) is 9.37 Å². The fraction of sp³-hybridized carbons (Fsp3) is 0.333. The molecule has 3 heterocycles. The lowest BCUT2D eigenvalue weighted by atomic mass is 9.85. The molecule has 0 bridgehead atoms. The molecule has 0 spiro atoms. The molecule has 4 aromatic rings. The van der Waals surface area contributed by atoms with E-state index in [0.29, 0.717) is 59.0 Å². The predicted octanol–water partition coefficient (Wildman–Crippen LogP) is 7.29. The summed E-state index contributed by atoms with van der Waals surface area (Å²) in [5, 5.41) is 3.36. The number of carbonyl (C=O) groups is 1. The van der Waals surface area contributed by atoms with Crippen LogP contribution >= 0.6 is 11.6 Å². The summed E-state index contributed by atoms with van der Waals surface area (Å²) in [5.41, 5.74) is 3.72. The minimum absolute atomic E-state index is 0.00672. The predicted molar refractivity (Wildman–Crippen MR) is 149 cm³/mol. The molecular weight excluding hydrogens is 560 g/mol. The Bertz CT molecular complexity index is 1550. The molecule has 2 aromatic carbocycles. The van der Waals surface area contributed by atoms with Crippen molar-refractivity contribution >= 4 is 28.8 Å². The van der Waals surface area contributed by atoms with E-state index >= 15 is 4.39 Å². The molecule has 11 heteroatoms. The van der Waals surface area contributed by atoms with Gasteiger partial charge < -0.3 is 15.0 Å². The second-order valence-electron chi connectivity index (χ2n) is 10.2. The summed E-state index contributed by atoms with van der Waals surface area (Å²) in [6.45, 7) is 4.72. The van der Waals surface area contributed by atoms with Gasteiger partial charge in [-0.15, -0.1) is 13.2 Å². The molecule has 2 atom stereocenters. The number of carbonyl (C=O) groups excluding carboxylic acids is 1. The number of piperidine rings is 1. The van der Waals surface area contributed by atoms with Gasteiger partial charge in [-0.1, -0.05) is 30.7 Å². The second kappa shape index (κ2) is 11.6. The van der Waals surface area contributed by atoms with Crippen LogP contribution in [0.25, 0.3) is 5.65 Å². The molecule has 1 N–H and O–H groups in total. The van der Waals surface area contributed by atoms with Gasteiger partial charge in [0.05, 0.1) is 10.7 Å². The minimum Gasteiger partial charge on any atom is -0.406 e. The fourth-order valence-corrected chi connectivity index (χ4v) is 5.67. The van der Waals surface area contributed by atoms with Gasteiger partial charge in [0, 0.05) is 31.0 Å². The summed E-state index contributed by atoms with van der Waals surface area (Å²) < 4.78 is 58.3. The highest BCUT2D eigenvalue weighted by molar-refractivity contribution is 6.30. The van der Waals surface area contributed by atoms with Gasteiger partial charge in [0.1, 0.15) is 22.9 Å². The van der Waals surface area contributed by atoms with Gasteiger partial charge in [0.25, 0.3) is 5.91 Å². The average Bonchev–Trinajstić information content (AvgIpc) is 3.29. The lowest BCUT2D eigenvalue weighted by molar-refractivity contribution is -0.274. The average molecular weight is 589 g/mol. The number of rotatable bonds is 7. The Labute approximate surface area is 239 Å². The van der Waals surface area contributed by atoms with E-state index in [-0.39, 0.29) is 36.0 Å². The quantitative estimate of drug-likeness (QED) is 0.230. The van der Waals surface area contributed by atoms with Crippen molar-refractivity contribution < 1.29 is 27.1 Å². The van der Waals surface area contributed by atoms with Gasteiger partial charge in [0.15, 0.2) is 0 Å². The number of nitrogens with one attached hydrogen (secondary N) is 1. The van der Waals surface area contributed by atoms with Crippen molar-refractivity contribution in [3.8, 4) is 5.75 Å². The van der Waals surface area contributed by atoms with E-state index in [9.17, 15) is 18.0 Å². The van der Waals surface area contributed by atoms with Crippen LogP contribution in [0.3, 0.4) is 0 Å². The number of imidazole rings is 1. The highest BCUT2D eigenvalue weighted by Gasteiger charge is 2.32. The molecule has 1 fully saturated rings. The van der Waals surface area contributed by atoms with Crippen molar-refractivity contribution in [1.82, 2.24) is 14.7 Å². The lowest BCUT2D eigenvalue weighted by Gasteiger charge is -2.39. The van der Waals surface area contributed by atoms with Crippen LogP contribution in [0.1, 0.15) is 59.9 Å². The van der Waals surface area contributed by atoms with Crippen molar-refractivity contribution in [2.45, 2.75) is 58.0 Å². The summed E-state index contributed by atoms with van der Waals surface area (Å²) in [5.74, 6) is -0.921. The van der Waals surface area contributed by atoms with Crippen LogP contribution in [-0.2, 0) is 13.0 Å². The van der Waals surface area contributed by atoms with Crippen LogP contribution in [0.4, 0.5) is 23.2 Å². The SMILES string of the molecule is CCc1nc2ccc(Cl)cn2c1C(=O)NCc1ccc(C2CCN(c3ccc(OC(F)(F)F)cc3)[C@@H](C)C2)c(F)c1. The van der Waals surface area contributed by atoms with Crippen molar-refractivity contribution in [2.24, 2.45) is 0 Å². The van der Waals surface area contributed by atoms with Crippen molar-refractivity contribution in [3.63, 3.8) is 0 Å². The first kappa shape index (κ1) is 28.7. The van der Waals surface area contributed by atoms with Gasteiger partial charge in [-0.05, 0) is 85.7 Å². The molecule has 1 amide bonds. The zero-order chi connectivity index (χ0) is 29.3. The molecule has 0 radical (unpaired) electrons. The summed E-state index contributed by atoms with van der Waals surface area (Å²) in [4.78, 5) is 19.7. The molecule has 6 nitrogen and oxygen atoms in total. The third kappa shape index (κ3) is 6.43.